The number of nitrogens with one attached hydrogen (secondary N) is 2. The van der Waals surface area contributed by atoms with Crippen molar-refractivity contribution in [1.29, 1.82) is 0 Å². The molecule has 0 bridgehead atoms. The maximum atomic E-state index is 12.8. The van der Waals surface area contributed by atoms with Crippen molar-refractivity contribution < 1.29 is 23.5 Å². The Kier molecular flexibility index (Phi) is 7.15. The molecule has 2 aliphatic heterocycles. The van der Waals surface area contributed by atoms with E-state index in [2.05, 4.69) is 15.5 Å². The lowest BCUT2D eigenvalue weighted by molar-refractivity contribution is 0.0919. The Bertz CT molecular complexity index is 1260. The normalized spacial score (nSPS) is 17.7. The summed E-state index contributed by atoms with van der Waals surface area (Å²) in [5.41, 5.74) is 2.08. The van der Waals surface area contributed by atoms with Crippen molar-refractivity contribution in [2.24, 2.45) is 0 Å². The van der Waals surface area contributed by atoms with Crippen LogP contribution >= 0.6 is 22.9 Å². The van der Waals surface area contributed by atoms with E-state index in [0.29, 0.717) is 20.6 Å². The van der Waals surface area contributed by atoms with Crippen LogP contribution in [0.3, 0.4) is 0 Å². The van der Waals surface area contributed by atoms with Crippen LogP contribution in [0.4, 0.5) is 21.9 Å². The summed E-state index contributed by atoms with van der Waals surface area (Å²) in [6, 6.07) is 12.1. The predicted molar refractivity (Wildman–Crippen MR) is 138 cm³/mol. The molecule has 2 saturated heterocycles. The molecule has 3 aromatic rings. The summed E-state index contributed by atoms with van der Waals surface area (Å²) >= 11 is 7.08. The van der Waals surface area contributed by atoms with Crippen LogP contribution in [0.5, 0.6) is 0 Å². The second kappa shape index (κ2) is 10.6. The average Bonchev–Trinajstić information content (AvgIpc) is 3.65. The van der Waals surface area contributed by atoms with E-state index >= 15 is 0 Å². The smallest absolute Gasteiger partial charge is 0.414 e. The van der Waals surface area contributed by atoms with E-state index in [0.717, 1.165) is 31.6 Å². The summed E-state index contributed by atoms with van der Waals surface area (Å²) in [6.45, 7) is 2.22. The molecule has 1 atom stereocenters. The lowest BCUT2D eigenvalue weighted by Crippen LogP contribution is -2.34. The van der Waals surface area contributed by atoms with Crippen LogP contribution in [0.15, 0.2) is 53.1 Å². The first-order chi connectivity index (χ1) is 17.5. The van der Waals surface area contributed by atoms with Crippen molar-refractivity contribution in [2.45, 2.75) is 25.4 Å². The molecule has 0 aliphatic carbocycles. The van der Waals surface area contributed by atoms with Crippen molar-refractivity contribution in [3.63, 3.8) is 0 Å². The predicted octanol–water partition coefficient (Wildman–Crippen LogP) is 4.99. The third-order valence-electron chi connectivity index (χ3n) is 6.14. The maximum Gasteiger partial charge on any atom is 0.414 e. The zero-order valence-corrected chi connectivity index (χ0v) is 20.9. The third-order valence-corrected chi connectivity index (χ3v) is 7.37. The summed E-state index contributed by atoms with van der Waals surface area (Å²) in [4.78, 5) is 42.0. The topological polar surface area (TPSA) is 104 Å². The molecule has 1 aromatic carbocycles. The van der Waals surface area contributed by atoms with Gasteiger partial charge < -0.3 is 24.7 Å². The van der Waals surface area contributed by atoms with E-state index in [9.17, 15) is 14.4 Å². The van der Waals surface area contributed by atoms with Gasteiger partial charge in [-0.2, -0.15) is 0 Å². The van der Waals surface area contributed by atoms with Gasteiger partial charge in [-0.3, -0.25) is 14.5 Å². The highest BCUT2D eigenvalue weighted by Gasteiger charge is 2.33. The number of anilines is 3. The number of benzene rings is 1. The van der Waals surface area contributed by atoms with Crippen molar-refractivity contribution in [1.82, 2.24) is 5.32 Å². The number of furan rings is 1. The molecule has 4 heterocycles. The number of halogens is 1. The fourth-order valence-corrected chi connectivity index (χ4v) is 5.32. The average molecular weight is 529 g/mol. The van der Waals surface area contributed by atoms with Crippen LogP contribution in [0, 0.1) is 0 Å². The van der Waals surface area contributed by atoms with Gasteiger partial charge in [0.2, 0.25) is 0 Å². The minimum absolute atomic E-state index is 0.171. The number of rotatable bonds is 7. The molecule has 5 rings (SSSR count). The molecule has 2 fully saturated rings. The molecule has 2 aliphatic rings. The molecule has 11 heteroatoms. The van der Waals surface area contributed by atoms with Crippen molar-refractivity contribution >= 4 is 57.9 Å². The van der Waals surface area contributed by atoms with E-state index in [1.807, 2.05) is 12.1 Å². The van der Waals surface area contributed by atoms with Crippen molar-refractivity contribution in [3.8, 4) is 0 Å². The second-order valence-corrected chi connectivity index (χ2v) is 10.3. The van der Waals surface area contributed by atoms with E-state index in [-0.39, 0.29) is 30.7 Å². The van der Waals surface area contributed by atoms with Crippen molar-refractivity contribution in [2.75, 3.05) is 41.3 Å². The molecular weight excluding hydrogens is 504 g/mol. The first kappa shape index (κ1) is 24.2. The molecule has 3 amide bonds. The minimum atomic E-state index is -0.514. The number of hydrogen-bond acceptors (Lipinski definition) is 7. The Morgan fingerprint density at radius 2 is 1.92 bits per heavy atom. The quantitative estimate of drug-likeness (QED) is 0.447. The summed E-state index contributed by atoms with van der Waals surface area (Å²) in [6.07, 6.45) is 3.76. The van der Waals surface area contributed by atoms with Gasteiger partial charge in [-0.1, -0.05) is 11.6 Å². The van der Waals surface area contributed by atoms with E-state index < -0.39 is 12.2 Å². The molecule has 0 spiro atoms. The molecule has 2 N–H and O–H groups in total. The van der Waals surface area contributed by atoms with Crippen LogP contribution < -0.4 is 20.4 Å². The van der Waals surface area contributed by atoms with Crippen molar-refractivity contribution in [3.05, 3.63) is 63.7 Å². The second-order valence-electron chi connectivity index (χ2n) is 8.61. The first-order valence-corrected chi connectivity index (χ1v) is 12.9. The number of thiophene rings is 1. The van der Waals surface area contributed by atoms with Gasteiger partial charge in [0.05, 0.1) is 39.9 Å². The first-order valence-electron chi connectivity index (χ1n) is 11.7. The largest absolute Gasteiger partial charge is 0.459 e. The van der Waals surface area contributed by atoms with Gasteiger partial charge in [-0.05, 0) is 61.7 Å². The fourth-order valence-electron chi connectivity index (χ4n) is 4.36. The Labute approximate surface area is 217 Å². The molecule has 0 radical (unpaired) electrons. The summed E-state index contributed by atoms with van der Waals surface area (Å²) in [5, 5.41) is 5.73. The molecule has 188 valence electrons. The monoisotopic (exact) mass is 528 g/mol. The van der Waals surface area contributed by atoms with E-state index in [1.54, 1.807) is 30.3 Å². The number of piperidine rings is 1. The van der Waals surface area contributed by atoms with Crippen LogP contribution in [0.25, 0.3) is 0 Å². The van der Waals surface area contributed by atoms with Gasteiger partial charge >= 0.3 is 6.09 Å². The standard InChI is InChI=1S/C25H25ClN4O5S/c26-22-9-8-21(36-22)24(32)27-14-17-15-30(25(33)35-17)16-6-7-19(29-10-2-1-3-11-29)18(13-16)28-23(31)20-5-4-12-34-20/h4-9,12-13,17H,1-3,10-11,14-15H2,(H,27,32)(H,28,31)/t17-/m1/s1. The van der Waals surface area contributed by atoms with Gasteiger partial charge in [0.15, 0.2) is 5.76 Å². The third kappa shape index (κ3) is 5.34. The Morgan fingerprint density at radius 3 is 2.64 bits per heavy atom. The highest BCUT2D eigenvalue weighted by molar-refractivity contribution is 7.18. The maximum absolute atomic E-state index is 12.8. The van der Waals surface area contributed by atoms with Crippen LogP contribution in [-0.4, -0.2) is 50.2 Å². The lowest BCUT2D eigenvalue weighted by Gasteiger charge is -2.31. The highest BCUT2D eigenvalue weighted by Crippen LogP contribution is 2.34. The number of hydrogen-bond donors (Lipinski definition) is 2. The lowest BCUT2D eigenvalue weighted by atomic mass is 10.1. The van der Waals surface area contributed by atoms with E-state index in [4.69, 9.17) is 20.8 Å². The van der Waals surface area contributed by atoms with Gasteiger partial charge in [-0.15, -0.1) is 11.3 Å². The molecule has 36 heavy (non-hydrogen) atoms. The summed E-state index contributed by atoms with van der Waals surface area (Å²) < 4.78 is 11.3. The summed E-state index contributed by atoms with van der Waals surface area (Å²) in [5.74, 6) is -0.433. The Hall–Kier alpha value is -3.50. The number of cyclic esters (lactones) is 1. The van der Waals surface area contributed by atoms with Gasteiger partial charge in [-0.25, -0.2) is 4.79 Å². The fraction of sp³-hybridized carbons (Fsp3) is 0.320. The van der Waals surface area contributed by atoms with Gasteiger partial charge in [0.25, 0.3) is 11.8 Å². The highest BCUT2D eigenvalue weighted by atomic mass is 35.5. The van der Waals surface area contributed by atoms with Crippen LogP contribution in [0.2, 0.25) is 4.34 Å². The minimum Gasteiger partial charge on any atom is -0.459 e. The van der Waals surface area contributed by atoms with Crippen LogP contribution in [-0.2, 0) is 4.74 Å². The van der Waals surface area contributed by atoms with Gasteiger partial charge in [0.1, 0.15) is 6.10 Å². The zero-order chi connectivity index (χ0) is 25.1. The molecular formula is C25H25ClN4O5S. The van der Waals surface area contributed by atoms with E-state index in [1.165, 1.54) is 28.9 Å². The number of carbonyl (C=O) groups is 3. The van der Waals surface area contributed by atoms with Crippen LogP contribution in [0.1, 0.15) is 39.5 Å². The summed E-state index contributed by atoms with van der Waals surface area (Å²) in [7, 11) is 0. The van der Waals surface area contributed by atoms with Gasteiger partial charge in [0, 0.05) is 18.8 Å². The molecule has 0 saturated carbocycles. The molecule has 0 unspecified atom stereocenters. The Morgan fingerprint density at radius 1 is 1.08 bits per heavy atom. The number of nitrogens with zero attached hydrogens (tertiary/aromatic N) is 2. The zero-order valence-electron chi connectivity index (χ0n) is 19.4. The Balaban J connectivity index is 1.31. The molecule has 2 aromatic heterocycles. The number of amides is 3. The SMILES string of the molecule is O=C(Nc1cc(N2C[C@@H](CNC(=O)c3ccc(Cl)s3)OC2=O)ccc1N1CCCCC1)c1ccco1. The molecule has 9 nitrogen and oxygen atoms in total. The number of carbonyl (C=O) groups excluding carboxylic acids is 3. The number of ether oxygens (including phenoxy) is 1.